The predicted octanol–water partition coefficient (Wildman–Crippen LogP) is 1.69. The highest BCUT2D eigenvalue weighted by Crippen LogP contribution is 2.37. The van der Waals surface area contributed by atoms with Crippen LogP contribution in [0.2, 0.25) is 0 Å². The molecule has 84 valence electrons. The van der Waals surface area contributed by atoms with Gasteiger partial charge in [0.1, 0.15) is 5.69 Å². The van der Waals surface area contributed by atoms with E-state index in [4.69, 9.17) is 0 Å². The largest absolute Gasteiger partial charge is 0.390 e. The van der Waals surface area contributed by atoms with E-state index in [1.165, 1.54) is 25.0 Å². The van der Waals surface area contributed by atoms with Crippen LogP contribution >= 0.6 is 0 Å². The molecule has 0 amide bonds. The summed E-state index contributed by atoms with van der Waals surface area (Å²) >= 11 is 0. The summed E-state index contributed by atoms with van der Waals surface area (Å²) in [6.45, 7) is 5.26. The monoisotopic (exact) mass is 209 g/mol. The van der Waals surface area contributed by atoms with Gasteiger partial charge in [-0.15, -0.1) is 5.10 Å². The van der Waals surface area contributed by atoms with Gasteiger partial charge in [-0.05, 0) is 18.8 Å². The summed E-state index contributed by atoms with van der Waals surface area (Å²) < 4.78 is 1.99. The van der Waals surface area contributed by atoms with E-state index in [9.17, 15) is 5.11 Å². The molecule has 1 fully saturated rings. The van der Waals surface area contributed by atoms with Crippen LogP contribution in [0.5, 0.6) is 0 Å². The summed E-state index contributed by atoms with van der Waals surface area (Å²) in [5.74, 6) is 1.15. The molecule has 0 atom stereocenters. The Morgan fingerprint density at radius 3 is 2.67 bits per heavy atom. The van der Waals surface area contributed by atoms with Crippen LogP contribution in [0.1, 0.15) is 50.4 Å². The lowest BCUT2D eigenvalue weighted by atomic mass is 9.82. The Balaban J connectivity index is 2.24. The van der Waals surface area contributed by atoms with Gasteiger partial charge >= 0.3 is 0 Å². The molecular formula is C11H19N3O. The lowest BCUT2D eigenvalue weighted by molar-refractivity contribution is 0.271. The van der Waals surface area contributed by atoms with Crippen LogP contribution in [0.3, 0.4) is 0 Å². The van der Waals surface area contributed by atoms with E-state index in [1.54, 1.807) is 0 Å². The summed E-state index contributed by atoms with van der Waals surface area (Å²) in [6, 6.07) is 0. The lowest BCUT2D eigenvalue weighted by Crippen LogP contribution is -2.18. The SMILES string of the molecule is CC(C)Cn1nnc(CO)c1C1CCC1. The third-order valence-electron chi connectivity index (χ3n) is 3.03. The molecule has 4 heteroatoms. The summed E-state index contributed by atoms with van der Waals surface area (Å²) in [5, 5.41) is 17.4. The molecule has 0 aliphatic heterocycles. The second kappa shape index (κ2) is 4.31. The summed E-state index contributed by atoms with van der Waals surface area (Å²) in [7, 11) is 0. The van der Waals surface area contributed by atoms with Gasteiger partial charge in [-0.3, -0.25) is 0 Å². The predicted molar refractivity (Wildman–Crippen MR) is 57.4 cm³/mol. The molecule has 1 aliphatic carbocycles. The van der Waals surface area contributed by atoms with Crippen LogP contribution in [0.15, 0.2) is 0 Å². The zero-order valence-corrected chi connectivity index (χ0v) is 9.48. The van der Waals surface area contributed by atoms with E-state index >= 15 is 0 Å². The molecule has 1 aliphatic rings. The maximum atomic E-state index is 9.22. The molecule has 0 saturated heterocycles. The van der Waals surface area contributed by atoms with Gasteiger partial charge in [0.05, 0.1) is 12.3 Å². The Labute approximate surface area is 90.3 Å². The first kappa shape index (κ1) is 10.6. The van der Waals surface area contributed by atoms with Crippen molar-refractivity contribution in [1.82, 2.24) is 15.0 Å². The summed E-state index contributed by atoms with van der Waals surface area (Å²) in [6.07, 6.45) is 3.74. The second-order valence-corrected chi connectivity index (χ2v) is 4.78. The van der Waals surface area contributed by atoms with Gasteiger partial charge in [-0.1, -0.05) is 25.5 Å². The van der Waals surface area contributed by atoms with E-state index in [0.717, 1.165) is 12.2 Å². The molecule has 0 aromatic carbocycles. The fourth-order valence-corrected chi connectivity index (χ4v) is 2.08. The maximum absolute atomic E-state index is 9.22. The first-order chi connectivity index (χ1) is 7.22. The van der Waals surface area contributed by atoms with E-state index < -0.39 is 0 Å². The fraction of sp³-hybridized carbons (Fsp3) is 0.818. The number of aliphatic hydroxyl groups is 1. The van der Waals surface area contributed by atoms with Crippen LogP contribution in [0, 0.1) is 5.92 Å². The molecule has 15 heavy (non-hydrogen) atoms. The minimum atomic E-state index is 0.0178. The molecule has 0 unspecified atom stereocenters. The van der Waals surface area contributed by atoms with Crippen LogP contribution < -0.4 is 0 Å². The molecule has 1 saturated carbocycles. The average molecular weight is 209 g/mol. The first-order valence-electron chi connectivity index (χ1n) is 5.75. The molecule has 1 heterocycles. The van der Waals surface area contributed by atoms with Crippen molar-refractivity contribution in [3.63, 3.8) is 0 Å². The van der Waals surface area contributed by atoms with Crippen LogP contribution in [-0.2, 0) is 13.2 Å². The Morgan fingerprint density at radius 1 is 1.47 bits per heavy atom. The minimum Gasteiger partial charge on any atom is -0.390 e. The lowest BCUT2D eigenvalue weighted by Gasteiger charge is -2.26. The number of rotatable bonds is 4. The molecule has 1 aromatic rings. The van der Waals surface area contributed by atoms with E-state index in [0.29, 0.717) is 11.8 Å². The number of hydrogen-bond acceptors (Lipinski definition) is 3. The molecular weight excluding hydrogens is 190 g/mol. The molecule has 1 N–H and O–H groups in total. The number of hydrogen-bond donors (Lipinski definition) is 1. The zero-order chi connectivity index (χ0) is 10.8. The van der Waals surface area contributed by atoms with Gasteiger partial charge in [-0.2, -0.15) is 0 Å². The molecule has 1 aromatic heterocycles. The third-order valence-corrected chi connectivity index (χ3v) is 3.03. The van der Waals surface area contributed by atoms with Gasteiger partial charge in [0, 0.05) is 12.5 Å². The minimum absolute atomic E-state index is 0.0178. The van der Waals surface area contributed by atoms with Crippen molar-refractivity contribution in [2.24, 2.45) is 5.92 Å². The van der Waals surface area contributed by atoms with Crippen LogP contribution in [0.25, 0.3) is 0 Å². The van der Waals surface area contributed by atoms with Gasteiger partial charge < -0.3 is 5.11 Å². The summed E-state index contributed by atoms with van der Waals surface area (Å²) in [4.78, 5) is 0. The van der Waals surface area contributed by atoms with Gasteiger partial charge in [0.25, 0.3) is 0 Å². The highest BCUT2D eigenvalue weighted by molar-refractivity contribution is 5.17. The quantitative estimate of drug-likeness (QED) is 0.821. The van der Waals surface area contributed by atoms with Crippen molar-refractivity contribution in [2.75, 3.05) is 0 Å². The van der Waals surface area contributed by atoms with Crippen molar-refractivity contribution < 1.29 is 5.11 Å². The molecule has 0 radical (unpaired) electrons. The highest BCUT2D eigenvalue weighted by atomic mass is 16.3. The standard InChI is InChI=1S/C11H19N3O/c1-8(2)6-14-11(9-4-3-5-9)10(7-15)12-13-14/h8-9,15H,3-7H2,1-2H3. The van der Waals surface area contributed by atoms with Crippen LogP contribution in [0.4, 0.5) is 0 Å². The Bertz CT molecular complexity index is 329. The molecule has 2 rings (SSSR count). The molecule has 0 spiro atoms. The average Bonchev–Trinajstić information content (AvgIpc) is 2.45. The Kier molecular flexibility index (Phi) is 3.05. The van der Waals surface area contributed by atoms with Gasteiger partial charge in [0.2, 0.25) is 0 Å². The van der Waals surface area contributed by atoms with E-state index in [2.05, 4.69) is 24.2 Å². The van der Waals surface area contributed by atoms with Crippen molar-refractivity contribution in [1.29, 1.82) is 0 Å². The van der Waals surface area contributed by atoms with Crippen molar-refractivity contribution >= 4 is 0 Å². The van der Waals surface area contributed by atoms with Crippen LogP contribution in [-0.4, -0.2) is 20.1 Å². The maximum Gasteiger partial charge on any atom is 0.112 e. The third kappa shape index (κ3) is 2.04. The normalized spacial score (nSPS) is 17.1. The fourth-order valence-electron chi connectivity index (χ4n) is 2.08. The highest BCUT2D eigenvalue weighted by Gasteiger charge is 2.27. The number of nitrogens with zero attached hydrogens (tertiary/aromatic N) is 3. The summed E-state index contributed by atoms with van der Waals surface area (Å²) in [5.41, 5.74) is 1.96. The van der Waals surface area contributed by atoms with Crippen molar-refractivity contribution in [3.8, 4) is 0 Å². The topological polar surface area (TPSA) is 50.9 Å². The molecule has 4 nitrogen and oxygen atoms in total. The number of aromatic nitrogens is 3. The van der Waals surface area contributed by atoms with Gasteiger partial charge in [0.15, 0.2) is 0 Å². The van der Waals surface area contributed by atoms with E-state index in [-0.39, 0.29) is 6.61 Å². The first-order valence-corrected chi connectivity index (χ1v) is 5.75. The Morgan fingerprint density at radius 2 is 2.20 bits per heavy atom. The Hall–Kier alpha value is -0.900. The zero-order valence-electron chi connectivity index (χ0n) is 9.48. The van der Waals surface area contributed by atoms with Crippen molar-refractivity contribution in [2.45, 2.75) is 52.2 Å². The van der Waals surface area contributed by atoms with Crippen molar-refractivity contribution in [3.05, 3.63) is 11.4 Å². The number of aliphatic hydroxyl groups excluding tert-OH is 1. The van der Waals surface area contributed by atoms with E-state index in [1.807, 2.05) is 4.68 Å². The smallest absolute Gasteiger partial charge is 0.112 e. The molecule has 0 bridgehead atoms. The second-order valence-electron chi connectivity index (χ2n) is 4.78. The van der Waals surface area contributed by atoms with Gasteiger partial charge in [-0.25, -0.2) is 4.68 Å².